The molecule has 0 heterocycles. The van der Waals surface area contributed by atoms with Crippen molar-refractivity contribution in [2.24, 2.45) is 0 Å². The monoisotopic (exact) mass is 428 g/mol. The van der Waals surface area contributed by atoms with E-state index in [0.29, 0.717) is 18.9 Å². The minimum Gasteiger partial charge on any atom is -0.353 e. The molecule has 0 aliphatic heterocycles. The Morgan fingerprint density at radius 1 is 0.833 bits per heavy atom. The van der Waals surface area contributed by atoms with Crippen LogP contribution in [-0.2, 0) is 27.8 Å². The fourth-order valence-electron chi connectivity index (χ4n) is 3.85. The molecule has 0 aromatic heterocycles. The van der Waals surface area contributed by atoms with Crippen molar-refractivity contribution in [3.63, 3.8) is 0 Å². The van der Waals surface area contributed by atoms with Crippen LogP contribution >= 0.6 is 0 Å². The summed E-state index contributed by atoms with van der Waals surface area (Å²) in [4.78, 5) is 12.5. The van der Waals surface area contributed by atoms with Crippen LogP contribution in [0.1, 0.15) is 62.5 Å². The Labute approximate surface area is 180 Å². The molecule has 0 atom stereocenters. The van der Waals surface area contributed by atoms with Gasteiger partial charge in [-0.1, -0.05) is 74.6 Å². The van der Waals surface area contributed by atoms with Crippen LogP contribution in [0.4, 0.5) is 0 Å². The molecule has 0 spiro atoms. The standard InChI is InChI=1S/C24H32N2O3S/c27-24(26-22-11-7-2-1-3-8-12-22)18-15-20-13-16-23(17-14-20)30(28,29)25-19-21-9-5-4-6-10-21/h4-6,9-10,13-14,16-17,22,25H,1-3,7-8,11-12,15,18-19H2,(H,26,27). The van der Waals surface area contributed by atoms with Gasteiger partial charge in [0.1, 0.15) is 0 Å². The number of nitrogens with one attached hydrogen (secondary N) is 2. The van der Waals surface area contributed by atoms with Crippen LogP contribution in [0.25, 0.3) is 0 Å². The van der Waals surface area contributed by atoms with E-state index >= 15 is 0 Å². The average Bonchev–Trinajstić information content (AvgIpc) is 2.74. The van der Waals surface area contributed by atoms with Gasteiger partial charge in [0.2, 0.25) is 15.9 Å². The Bertz CT molecular complexity index is 888. The third kappa shape index (κ3) is 7.26. The lowest BCUT2D eigenvalue weighted by atomic mass is 9.96. The van der Waals surface area contributed by atoms with Gasteiger partial charge >= 0.3 is 0 Å². The quantitative estimate of drug-likeness (QED) is 0.657. The molecule has 1 aliphatic rings. The molecule has 2 aromatic rings. The first-order valence-electron chi connectivity index (χ1n) is 10.9. The number of carbonyl (C=O) groups is 1. The molecule has 1 amide bonds. The minimum absolute atomic E-state index is 0.0850. The van der Waals surface area contributed by atoms with Crippen molar-refractivity contribution in [1.82, 2.24) is 10.0 Å². The lowest BCUT2D eigenvalue weighted by Gasteiger charge is -2.21. The van der Waals surface area contributed by atoms with Crippen molar-refractivity contribution in [2.45, 2.75) is 75.3 Å². The topological polar surface area (TPSA) is 75.3 Å². The van der Waals surface area contributed by atoms with Gasteiger partial charge in [0, 0.05) is 19.0 Å². The van der Waals surface area contributed by atoms with Gasteiger partial charge in [0.05, 0.1) is 4.90 Å². The highest BCUT2D eigenvalue weighted by Crippen LogP contribution is 2.17. The Morgan fingerprint density at radius 3 is 2.13 bits per heavy atom. The Kier molecular flexibility index (Phi) is 8.46. The van der Waals surface area contributed by atoms with Crippen LogP contribution in [0.15, 0.2) is 59.5 Å². The number of hydrogen-bond acceptors (Lipinski definition) is 3. The van der Waals surface area contributed by atoms with Gasteiger partial charge in [-0.25, -0.2) is 13.1 Å². The van der Waals surface area contributed by atoms with Gasteiger partial charge in [0.15, 0.2) is 0 Å². The third-order valence-corrected chi connectivity index (χ3v) is 7.07. The van der Waals surface area contributed by atoms with Crippen LogP contribution < -0.4 is 10.0 Å². The average molecular weight is 429 g/mol. The lowest BCUT2D eigenvalue weighted by Crippen LogP contribution is -2.35. The Morgan fingerprint density at radius 2 is 1.47 bits per heavy atom. The Hall–Kier alpha value is -2.18. The lowest BCUT2D eigenvalue weighted by molar-refractivity contribution is -0.121. The number of hydrogen-bond donors (Lipinski definition) is 2. The number of rotatable bonds is 8. The maximum atomic E-state index is 12.5. The largest absolute Gasteiger partial charge is 0.353 e. The van der Waals surface area contributed by atoms with Crippen LogP contribution in [0.2, 0.25) is 0 Å². The van der Waals surface area contributed by atoms with E-state index in [0.717, 1.165) is 24.0 Å². The van der Waals surface area contributed by atoms with Crippen molar-refractivity contribution in [2.75, 3.05) is 0 Å². The fraction of sp³-hybridized carbons (Fsp3) is 0.458. The van der Waals surface area contributed by atoms with Crippen LogP contribution in [0.5, 0.6) is 0 Å². The maximum Gasteiger partial charge on any atom is 0.240 e. The molecular weight excluding hydrogens is 396 g/mol. The van der Waals surface area contributed by atoms with Gasteiger partial charge in [-0.05, 0) is 42.5 Å². The first kappa shape index (κ1) is 22.5. The number of aryl methyl sites for hydroxylation is 1. The second-order valence-electron chi connectivity index (χ2n) is 8.06. The minimum atomic E-state index is -3.56. The number of amides is 1. The van der Waals surface area contributed by atoms with E-state index in [1.807, 2.05) is 30.3 Å². The normalized spacial score (nSPS) is 15.9. The highest BCUT2D eigenvalue weighted by molar-refractivity contribution is 7.89. The highest BCUT2D eigenvalue weighted by Gasteiger charge is 2.15. The zero-order valence-electron chi connectivity index (χ0n) is 17.5. The third-order valence-electron chi connectivity index (χ3n) is 5.65. The zero-order chi connectivity index (χ0) is 21.2. The first-order valence-corrected chi connectivity index (χ1v) is 12.4. The van der Waals surface area contributed by atoms with Gasteiger partial charge in [-0.2, -0.15) is 0 Å². The number of benzene rings is 2. The van der Waals surface area contributed by atoms with E-state index < -0.39 is 10.0 Å². The number of carbonyl (C=O) groups excluding carboxylic acids is 1. The predicted molar refractivity (Wildman–Crippen MR) is 119 cm³/mol. The number of sulfonamides is 1. The smallest absolute Gasteiger partial charge is 0.240 e. The van der Waals surface area contributed by atoms with Gasteiger partial charge in [-0.3, -0.25) is 4.79 Å². The van der Waals surface area contributed by atoms with Crippen molar-refractivity contribution in [3.8, 4) is 0 Å². The van der Waals surface area contributed by atoms with E-state index in [1.54, 1.807) is 24.3 Å². The second-order valence-corrected chi connectivity index (χ2v) is 9.83. The van der Waals surface area contributed by atoms with E-state index in [2.05, 4.69) is 10.0 Å². The van der Waals surface area contributed by atoms with Crippen LogP contribution in [0.3, 0.4) is 0 Å². The van der Waals surface area contributed by atoms with E-state index in [9.17, 15) is 13.2 Å². The summed E-state index contributed by atoms with van der Waals surface area (Å²) in [6.07, 6.45) is 9.42. The fourth-order valence-corrected chi connectivity index (χ4v) is 4.87. The van der Waals surface area contributed by atoms with E-state index in [-0.39, 0.29) is 17.3 Å². The molecule has 1 aliphatic carbocycles. The molecule has 0 unspecified atom stereocenters. The predicted octanol–water partition coefficient (Wildman–Crippen LogP) is 4.33. The zero-order valence-corrected chi connectivity index (χ0v) is 18.3. The second kappa shape index (κ2) is 11.3. The first-order chi connectivity index (χ1) is 14.5. The molecule has 1 saturated carbocycles. The SMILES string of the molecule is O=C(CCc1ccc(S(=O)(=O)NCc2ccccc2)cc1)NC1CCCCCCC1. The molecule has 0 saturated heterocycles. The van der Waals surface area contributed by atoms with Crippen molar-refractivity contribution < 1.29 is 13.2 Å². The summed E-state index contributed by atoms with van der Waals surface area (Å²) in [6, 6.07) is 16.5. The summed E-state index contributed by atoms with van der Waals surface area (Å²) in [5, 5.41) is 3.18. The maximum absolute atomic E-state index is 12.5. The van der Waals surface area contributed by atoms with Gasteiger partial charge in [0.25, 0.3) is 0 Å². The van der Waals surface area contributed by atoms with Crippen molar-refractivity contribution in [3.05, 3.63) is 65.7 Å². The summed E-state index contributed by atoms with van der Waals surface area (Å²) < 4.78 is 27.6. The van der Waals surface area contributed by atoms with Gasteiger partial charge in [-0.15, -0.1) is 0 Å². The summed E-state index contributed by atoms with van der Waals surface area (Å²) in [6.45, 7) is 0.256. The molecule has 0 radical (unpaired) electrons. The molecule has 2 N–H and O–H groups in total. The summed E-state index contributed by atoms with van der Waals surface area (Å²) in [5.41, 5.74) is 1.87. The molecule has 2 aromatic carbocycles. The molecular formula is C24H32N2O3S. The molecule has 5 nitrogen and oxygen atoms in total. The summed E-state index contributed by atoms with van der Waals surface area (Å²) >= 11 is 0. The van der Waals surface area contributed by atoms with Crippen molar-refractivity contribution >= 4 is 15.9 Å². The molecule has 1 fully saturated rings. The molecule has 30 heavy (non-hydrogen) atoms. The van der Waals surface area contributed by atoms with E-state index in [4.69, 9.17) is 0 Å². The van der Waals surface area contributed by atoms with Crippen LogP contribution in [0, 0.1) is 0 Å². The summed E-state index contributed by atoms with van der Waals surface area (Å²) in [5.74, 6) is 0.0850. The molecule has 0 bridgehead atoms. The highest BCUT2D eigenvalue weighted by atomic mass is 32.2. The molecule has 162 valence electrons. The summed E-state index contributed by atoms with van der Waals surface area (Å²) in [7, 11) is -3.56. The van der Waals surface area contributed by atoms with Crippen LogP contribution in [-0.4, -0.2) is 20.4 Å². The van der Waals surface area contributed by atoms with E-state index in [1.165, 1.54) is 32.1 Å². The van der Waals surface area contributed by atoms with Crippen molar-refractivity contribution in [1.29, 1.82) is 0 Å². The molecule has 6 heteroatoms. The Balaban J connectivity index is 1.47. The van der Waals surface area contributed by atoms with Gasteiger partial charge < -0.3 is 5.32 Å². The molecule has 3 rings (SSSR count).